The van der Waals surface area contributed by atoms with Crippen LogP contribution in [-0.2, 0) is 12.1 Å². The van der Waals surface area contributed by atoms with Crippen LogP contribution in [0, 0.1) is 11.3 Å². The average molecular weight is 384 g/mol. The lowest BCUT2D eigenvalue weighted by molar-refractivity contribution is -0.137. The fraction of sp³-hybridized carbons (Fsp3) is 0.0952. The molecule has 0 saturated heterocycles. The second-order valence-corrected chi connectivity index (χ2v) is 6.65. The average Bonchev–Trinajstić information content (AvgIpc) is 3.00. The summed E-state index contributed by atoms with van der Waals surface area (Å²) in [5.74, 6) is -3.53. The van der Waals surface area contributed by atoms with Gasteiger partial charge in [-0.1, -0.05) is 36.4 Å². The van der Waals surface area contributed by atoms with E-state index in [1.54, 1.807) is 30.3 Å². The SMILES string of the molecule is N#Cc1cc2c(cc1C(F)(F)F)-n1c3ccccc3c3cccc(c31)C2(F)F. The monoisotopic (exact) mass is 384 g/mol. The first kappa shape index (κ1) is 16.8. The lowest BCUT2D eigenvalue weighted by Gasteiger charge is -2.29. The van der Waals surface area contributed by atoms with Crippen LogP contribution in [0.1, 0.15) is 22.3 Å². The number of nitrogens with zero attached hydrogens (tertiary/aromatic N) is 2. The van der Waals surface area contributed by atoms with Crippen LogP contribution in [0.5, 0.6) is 0 Å². The van der Waals surface area contributed by atoms with Gasteiger partial charge >= 0.3 is 12.1 Å². The summed E-state index contributed by atoms with van der Waals surface area (Å²) in [5, 5.41) is 10.3. The van der Waals surface area contributed by atoms with E-state index in [1.165, 1.54) is 22.8 Å². The number of rotatable bonds is 0. The summed E-state index contributed by atoms with van der Waals surface area (Å²) >= 11 is 0. The Kier molecular flexibility index (Phi) is 3.05. The Balaban J connectivity index is 2.05. The van der Waals surface area contributed by atoms with Gasteiger partial charge in [0.2, 0.25) is 0 Å². The second-order valence-electron chi connectivity index (χ2n) is 6.65. The first-order valence-corrected chi connectivity index (χ1v) is 8.32. The molecule has 1 aliphatic heterocycles. The van der Waals surface area contributed by atoms with E-state index in [9.17, 15) is 13.2 Å². The molecule has 3 aromatic carbocycles. The van der Waals surface area contributed by atoms with Crippen LogP contribution in [0.2, 0.25) is 0 Å². The minimum atomic E-state index is -4.84. The number of alkyl halides is 5. The first-order valence-electron chi connectivity index (χ1n) is 8.32. The van der Waals surface area contributed by atoms with Crippen molar-refractivity contribution in [3.63, 3.8) is 0 Å². The molecule has 7 heteroatoms. The van der Waals surface area contributed by atoms with E-state index in [0.717, 1.165) is 0 Å². The highest BCUT2D eigenvalue weighted by atomic mass is 19.4. The quantitative estimate of drug-likeness (QED) is 0.335. The van der Waals surface area contributed by atoms with Gasteiger partial charge in [-0.2, -0.15) is 27.2 Å². The molecule has 138 valence electrons. The van der Waals surface area contributed by atoms with Gasteiger partial charge in [-0.15, -0.1) is 0 Å². The predicted molar refractivity (Wildman–Crippen MR) is 93.5 cm³/mol. The number of nitriles is 1. The van der Waals surface area contributed by atoms with Gasteiger partial charge in [0.1, 0.15) is 0 Å². The summed E-state index contributed by atoms with van der Waals surface area (Å²) < 4.78 is 72.5. The van der Waals surface area contributed by atoms with Crippen LogP contribution < -0.4 is 0 Å². The van der Waals surface area contributed by atoms with Gasteiger partial charge in [0.05, 0.1) is 45.0 Å². The molecule has 0 spiro atoms. The smallest absolute Gasteiger partial charge is 0.308 e. The zero-order chi connectivity index (χ0) is 19.8. The Labute approximate surface area is 155 Å². The fourth-order valence-electron chi connectivity index (χ4n) is 4.02. The van der Waals surface area contributed by atoms with E-state index in [2.05, 4.69) is 0 Å². The summed E-state index contributed by atoms with van der Waals surface area (Å²) in [6.07, 6.45) is -4.84. The maximum atomic E-state index is 15.3. The van der Waals surface area contributed by atoms with E-state index in [-0.39, 0.29) is 16.8 Å². The van der Waals surface area contributed by atoms with Crippen LogP contribution in [0.15, 0.2) is 54.6 Å². The van der Waals surface area contributed by atoms with Crippen LogP contribution in [0.4, 0.5) is 22.0 Å². The minimum Gasteiger partial charge on any atom is -0.308 e. The van der Waals surface area contributed by atoms with Gasteiger partial charge < -0.3 is 4.57 Å². The van der Waals surface area contributed by atoms with Crippen molar-refractivity contribution in [2.75, 3.05) is 0 Å². The van der Waals surface area contributed by atoms with Gasteiger partial charge in [-0.3, -0.25) is 0 Å². The zero-order valence-corrected chi connectivity index (χ0v) is 14.0. The highest BCUT2D eigenvalue weighted by Crippen LogP contribution is 2.50. The summed E-state index contributed by atoms with van der Waals surface area (Å²) in [4.78, 5) is 0. The van der Waals surface area contributed by atoms with Crippen molar-refractivity contribution in [1.29, 1.82) is 5.26 Å². The normalized spacial score (nSPS) is 14.9. The van der Waals surface area contributed by atoms with Gasteiger partial charge in [0.25, 0.3) is 0 Å². The molecule has 0 fully saturated rings. The molecule has 0 radical (unpaired) electrons. The first-order chi connectivity index (χ1) is 13.2. The highest BCUT2D eigenvalue weighted by Gasteiger charge is 2.45. The number of hydrogen-bond acceptors (Lipinski definition) is 1. The number of hydrogen-bond donors (Lipinski definition) is 0. The molecule has 1 aromatic heterocycles. The van der Waals surface area contributed by atoms with E-state index < -0.39 is 28.8 Å². The van der Waals surface area contributed by atoms with Crippen LogP contribution in [0.3, 0.4) is 0 Å². The molecular formula is C21H9F5N2. The topological polar surface area (TPSA) is 28.7 Å². The molecule has 0 atom stereocenters. The third kappa shape index (κ3) is 1.95. The number of benzene rings is 3. The summed E-state index contributed by atoms with van der Waals surface area (Å²) in [7, 11) is 0. The van der Waals surface area contributed by atoms with Crippen molar-refractivity contribution in [3.8, 4) is 11.8 Å². The van der Waals surface area contributed by atoms with E-state index in [0.29, 0.717) is 28.4 Å². The third-order valence-corrected chi connectivity index (χ3v) is 5.17. The Bertz CT molecular complexity index is 1340. The molecule has 4 aromatic rings. The Morgan fingerprint density at radius 2 is 1.61 bits per heavy atom. The van der Waals surface area contributed by atoms with Crippen molar-refractivity contribution in [1.82, 2.24) is 4.57 Å². The molecule has 0 saturated carbocycles. The van der Waals surface area contributed by atoms with Crippen molar-refractivity contribution >= 4 is 21.8 Å². The summed E-state index contributed by atoms with van der Waals surface area (Å²) in [5.41, 5.74) is -2.51. The van der Waals surface area contributed by atoms with E-state index in [1.807, 2.05) is 0 Å². The zero-order valence-electron chi connectivity index (χ0n) is 14.0. The van der Waals surface area contributed by atoms with E-state index >= 15 is 8.78 Å². The van der Waals surface area contributed by atoms with Gasteiger partial charge in [0.15, 0.2) is 0 Å². The molecule has 0 aliphatic carbocycles. The lowest BCUT2D eigenvalue weighted by Crippen LogP contribution is -2.25. The molecule has 2 nitrogen and oxygen atoms in total. The highest BCUT2D eigenvalue weighted by molar-refractivity contribution is 6.11. The summed E-state index contributed by atoms with van der Waals surface area (Å²) in [6.45, 7) is 0. The molecule has 0 N–H and O–H groups in total. The van der Waals surface area contributed by atoms with Crippen molar-refractivity contribution < 1.29 is 22.0 Å². The summed E-state index contributed by atoms with van der Waals surface area (Å²) in [6, 6.07) is 14.0. The largest absolute Gasteiger partial charge is 0.417 e. The van der Waals surface area contributed by atoms with Gasteiger partial charge in [-0.25, -0.2) is 0 Å². The predicted octanol–water partition coefficient (Wildman–Crippen LogP) is 6.13. The molecule has 0 amide bonds. The molecular weight excluding hydrogens is 375 g/mol. The Hall–Kier alpha value is -3.40. The maximum absolute atomic E-state index is 15.3. The van der Waals surface area contributed by atoms with Crippen LogP contribution in [-0.4, -0.2) is 4.57 Å². The molecule has 28 heavy (non-hydrogen) atoms. The second kappa shape index (κ2) is 5.10. The Morgan fingerprint density at radius 3 is 2.32 bits per heavy atom. The Morgan fingerprint density at radius 1 is 0.893 bits per heavy atom. The number of halogens is 5. The molecule has 1 aliphatic rings. The van der Waals surface area contributed by atoms with Crippen LogP contribution >= 0.6 is 0 Å². The standard InChI is InChI=1S/C21H9F5N2/c22-20(23)14-6-3-5-13-12-4-1-2-7-17(12)28(19(13)14)18-9-15(21(24,25)26)11(10-27)8-16(18)20/h1-9H. The fourth-order valence-corrected chi connectivity index (χ4v) is 4.02. The third-order valence-electron chi connectivity index (χ3n) is 5.17. The van der Waals surface area contributed by atoms with Crippen molar-refractivity contribution in [2.45, 2.75) is 12.1 Å². The molecule has 5 rings (SSSR count). The maximum Gasteiger partial charge on any atom is 0.417 e. The number of para-hydroxylation sites is 2. The molecule has 0 unspecified atom stereocenters. The molecule has 2 heterocycles. The van der Waals surface area contributed by atoms with Crippen molar-refractivity contribution in [3.05, 3.63) is 76.9 Å². The molecule has 0 bridgehead atoms. The van der Waals surface area contributed by atoms with E-state index in [4.69, 9.17) is 5.26 Å². The lowest BCUT2D eigenvalue weighted by atomic mass is 9.90. The van der Waals surface area contributed by atoms with Crippen LogP contribution in [0.25, 0.3) is 27.5 Å². The minimum absolute atomic E-state index is 0.180. The number of aromatic nitrogens is 1. The number of fused-ring (bicyclic) bond motifs is 5. The van der Waals surface area contributed by atoms with Gasteiger partial charge in [-0.05, 0) is 18.2 Å². The van der Waals surface area contributed by atoms with Gasteiger partial charge in [0, 0.05) is 10.8 Å². The van der Waals surface area contributed by atoms with Crippen molar-refractivity contribution in [2.24, 2.45) is 0 Å².